The highest BCUT2D eigenvalue weighted by molar-refractivity contribution is 9.10. The Kier molecular flexibility index (Phi) is 5.68. The Hall–Kier alpha value is -2.66. The van der Waals surface area contributed by atoms with Crippen molar-refractivity contribution in [1.82, 2.24) is 5.32 Å². The average Bonchev–Trinajstić information content (AvgIpc) is 2.62. The predicted octanol–water partition coefficient (Wildman–Crippen LogP) is 3.36. The number of fused-ring (bicyclic) bond motifs is 1. The molecule has 0 radical (unpaired) electrons. The van der Waals surface area contributed by atoms with Crippen LogP contribution in [0.2, 0.25) is 0 Å². The Morgan fingerprint density at radius 2 is 1.65 bits per heavy atom. The van der Waals surface area contributed by atoms with Crippen LogP contribution in [0, 0.1) is 0 Å². The molecule has 0 unspecified atom stereocenters. The number of halogens is 1. The fourth-order valence-electron chi connectivity index (χ4n) is 2.89. The summed E-state index contributed by atoms with van der Waals surface area (Å²) >= 11 is 3.45. The number of amides is 2. The number of carbonyl (C=O) groups is 2. The molecule has 3 N–H and O–H groups in total. The Labute approximate surface area is 160 Å². The van der Waals surface area contributed by atoms with Crippen LogP contribution in [0.15, 0.2) is 71.2 Å². The van der Waals surface area contributed by atoms with Crippen LogP contribution in [-0.4, -0.2) is 17.9 Å². The van der Waals surface area contributed by atoms with E-state index >= 15 is 0 Å². The number of nitrogens with two attached hydrogens (primary N) is 1. The number of nitrogens with one attached hydrogen (secondary N) is 1. The molecule has 3 rings (SSSR count). The summed E-state index contributed by atoms with van der Waals surface area (Å²) in [5.74, 6) is -0.774. The lowest BCUT2D eigenvalue weighted by molar-refractivity contribution is -0.127. The smallest absolute Gasteiger partial charge is 0.240 e. The monoisotopic (exact) mass is 410 g/mol. The number of rotatable bonds is 6. The van der Waals surface area contributed by atoms with Crippen LogP contribution in [0.25, 0.3) is 10.8 Å². The first-order valence-electron chi connectivity index (χ1n) is 8.32. The van der Waals surface area contributed by atoms with Crippen molar-refractivity contribution in [2.24, 2.45) is 5.73 Å². The fourth-order valence-corrected chi connectivity index (χ4v) is 3.33. The molecule has 0 spiro atoms. The van der Waals surface area contributed by atoms with Gasteiger partial charge in [0, 0.05) is 10.9 Å². The Morgan fingerprint density at radius 1 is 0.962 bits per heavy atom. The standard InChI is InChI=1S/C21H19BrN2O2/c22-18-8-4-3-7-17(18)13-19(21(23)26)24-20(25)12-14-9-10-15-5-1-2-6-16(15)11-14/h1-11,19H,12-13H2,(H2,23,26)(H,24,25)/t19-/m0/s1. The molecule has 4 nitrogen and oxygen atoms in total. The van der Waals surface area contributed by atoms with E-state index in [-0.39, 0.29) is 12.3 Å². The molecule has 0 saturated carbocycles. The molecule has 0 saturated heterocycles. The van der Waals surface area contributed by atoms with Crippen LogP contribution in [0.1, 0.15) is 11.1 Å². The molecule has 3 aromatic carbocycles. The second kappa shape index (κ2) is 8.15. The van der Waals surface area contributed by atoms with Gasteiger partial charge in [-0.25, -0.2) is 0 Å². The number of hydrogen-bond donors (Lipinski definition) is 2. The molecule has 3 aromatic rings. The van der Waals surface area contributed by atoms with Crippen molar-refractivity contribution < 1.29 is 9.59 Å². The summed E-state index contributed by atoms with van der Waals surface area (Å²) in [6.45, 7) is 0. The summed E-state index contributed by atoms with van der Waals surface area (Å²) in [7, 11) is 0. The summed E-state index contributed by atoms with van der Waals surface area (Å²) in [6, 6.07) is 20.7. The van der Waals surface area contributed by atoms with Crippen molar-refractivity contribution in [2.45, 2.75) is 18.9 Å². The van der Waals surface area contributed by atoms with Gasteiger partial charge in [-0.1, -0.05) is 76.6 Å². The maximum absolute atomic E-state index is 12.4. The summed E-state index contributed by atoms with van der Waals surface area (Å²) in [5.41, 5.74) is 7.29. The molecule has 0 fully saturated rings. The molecule has 0 aliphatic carbocycles. The number of benzene rings is 3. The Balaban J connectivity index is 1.69. The first kappa shape index (κ1) is 18.1. The Morgan fingerprint density at radius 3 is 2.38 bits per heavy atom. The maximum Gasteiger partial charge on any atom is 0.240 e. The van der Waals surface area contributed by atoms with Gasteiger partial charge in [-0.15, -0.1) is 0 Å². The van der Waals surface area contributed by atoms with Gasteiger partial charge in [-0.2, -0.15) is 0 Å². The van der Waals surface area contributed by atoms with Crippen molar-refractivity contribution in [3.8, 4) is 0 Å². The third kappa shape index (κ3) is 4.49. The first-order chi connectivity index (χ1) is 12.5. The predicted molar refractivity (Wildman–Crippen MR) is 107 cm³/mol. The summed E-state index contributed by atoms with van der Waals surface area (Å²) in [6.07, 6.45) is 0.546. The van der Waals surface area contributed by atoms with Crippen LogP contribution >= 0.6 is 15.9 Å². The van der Waals surface area contributed by atoms with Crippen molar-refractivity contribution in [3.05, 3.63) is 82.3 Å². The van der Waals surface area contributed by atoms with Gasteiger partial charge < -0.3 is 11.1 Å². The van der Waals surface area contributed by atoms with E-state index < -0.39 is 11.9 Å². The zero-order chi connectivity index (χ0) is 18.5. The van der Waals surface area contributed by atoms with E-state index in [2.05, 4.69) is 21.2 Å². The van der Waals surface area contributed by atoms with E-state index in [1.165, 1.54) is 0 Å². The fraction of sp³-hybridized carbons (Fsp3) is 0.143. The van der Waals surface area contributed by atoms with E-state index in [0.29, 0.717) is 6.42 Å². The van der Waals surface area contributed by atoms with Crippen molar-refractivity contribution in [1.29, 1.82) is 0 Å². The molecule has 0 aromatic heterocycles. The van der Waals surface area contributed by atoms with Gasteiger partial charge in [-0.3, -0.25) is 9.59 Å². The van der Waals surface area contributed by atoms with Gasteiger partial charge in [0.25, 0.3) is 0 Å². The van der Waals surface area contributed by atoms with Gasteiger partial charge in [0.1, 0.15) is 6.04 Å². The highest BCUT2D eigenvalue weighted by Gasteiger charge is 2.19. The van der Waals surface area contributed by atoms with Crippen molar-refractivity contribution >= 4 is 38.5 Å². The summed E-state index contributed by atoms with van der Waals surface area (Å²) in [4.78, 5) is 24.2. The highest BCUT2D eigenvalue weighted by atomic mass is 79.9. The van der Waals surface area contributed by atoms with Gasteiger partial charge in [0.05, 0.1) is 6.42 Å². The largest absolute Gasteiger partial charge is 0.368 e. The van der Waals surface area contributed by atoms with Crippen LogP contribution in [-0.2, 0) is 22.4 Å². The highest BCUT2D eigenvalue weighted by Crippen LogP contribution is 2.18. The van der Waals surface area contributed by atoms with Gasteiger partial charge in [0.15, 0.2) is 0 Å². The normalized spacial score (nSPS) is 11.9. The van der Waals surface area contributed by atoms with Crippen LogP contribution in [0.3, 0.4) is 0 Å². The quantitative estimate of drug-likeness (QED) is 0.653. The van der Waals surface area contributed by atoms with E-state index in [9.17, 15) is 9.59 Å². The van der Waals surface area contributed by atoms with E-state index in [1.54, 1.807) is 0 Å². The van der Waals surface area contributed by atoms with Gasteiger partial charge in [-0.05, 0) is 28.0 Å². The molecule has 26 heavy (non-hydrogen) atoms. The van der Waals surface area contributed by atoms with Crippen molar-refractivity contribution in [3.63, 3.8) is 0 Å². The number of carbonyl (C=O) groups excluding carboxylic acids is 2. The van der Waals surface area contributed by atoms with E-state index in [0.717, 1.165) is 26.4 Å². The van der Waals surface area contributed by atoms with Crippen molar-refractivity contribution in [2.75, 3.05) is 0 Å². The SMILES string of the molecule is NC(=O)[C@H](Cc1ccccc1Br)NC(=O)Cc1ccc2ccccc2c1. The zero-order valence-electron chi connectivity index (χ0n) is 14.1. The minimum Gasteiger partial charge on any atom is -0.368 e. The minimum absolute atomic E-state index is 0.199. The first-order valence-corrected chi connectivity index (χ1v) is 9.12. The lowest BCUT2D eigenvalue weighted by Gasteiger charge is -2.16. The minimum atomic E-state index is -0.748. The van der Waals surface area contributed by atoms with Crippen LogP contribution in [0.5, 0.6) is 0 Å². The summed E-state index contributed by atoms with van der Waals surface area (Å²) < 4.78 is 0.884. The Bertz CT molecular complexity index is 955. The van der Waals surface area contributed by atoms with Gasteiger partial charge in [0.2, 0.25) is 11.8 Å². The number of hydrogen-bond acceptors (Lipinski definition) is 2. The number of primary amides is 1. The lowest BCUT2D eigenvalue weighted by Crippen LogP contribution is -2.46. The zero-order valence-corrected chi connectivity index (χ0v) is 15.7. The molecule has 132 valence electrons. The molecule has 1 atom stereocenters. The topological polar surface area (TPSA) is 72.2 Å². The average molecular weight is 411 g/mol. The summed E-state index contributed by atoms with van der Waals surface area (Å²) in [5, 5.41) is 4.96. The maximum atomic E-state index is 12.4. The molecular weight excluding hydrogens is 392 g/mol. The molecule has 0 bridgehead atoms. The van der Waals surface area contributed by atoms with Gasteiger partial charge >= 0.3 is 0 Å². The molecule has 5 heteroatoms. The molecule has 0 aliphatic rings. The molecular formula is C21H19BrN2O2. The lowest BCUT2D eigenvalue weighted by atomic mass is 10.0. The van der Waals surface area contributed by atoms with Crippen LogP contribution in [0.4, 0.5) is 0 Å². The van der Waals surface area contributed by atoms with E-state index in [1.807, 2.05) is 66.7 Å². The second-order valence-corrected chi connectivity index (χ2v) is 7.03. The molecule has 0 heterocycles. The van der Waals surface area contributed by atoms with E-state index in [4.69, 9.17) is 5.73 Å². The third-order valence-electron chi connectivity index (χ3n) is 4.24. The second-order valence-electron chi connectivity index (χ2n) is 6.18. The molecule has 2 amide bonds. The van der Waals surface area contributed by atoms with Crippen LogP contribution < -0.4 is 11.1 Å². The third-order valence-corrected chi connectivity index (χ3v) is 5.01. The molecule has 0 aliphatic heterocycles.